The minimum atomic E-state index is -3.38. The number of carbonyl (C=O) groups excluding carboxylic acids is 1. The van der Waals surface area contributed by atoms with E-state index in [4.69, 9.17) is 5.26 Å². The number of nitriles is 1. The molecule has 0 atom stereocenters. The maximum absolute atomic E-state index is 11.7. The molecule has 0 saturated carbocycles. The molecule has 90 valence electrons. The molecule has 0 saturated heterocycles. The van der Waals surface area contributed by atoms with Crippen LogP contribution >= 0.6 is 0 Å². The minimum absolute atomic E-state index is 0.313. The van der Waals surface area contributed by atoms with Crippen molar-refractivity contribution in [3.8, 4) is 6.07 Å². The summed E-state index contributed by atoms with van der Waals surface area (Å²) in [7, 11) is -3.38. The lowest BCUT2D eigenvalue weighted by Crippen LogP contribution is -2.23. The average molecular weight is 251 g/mol. The topological polar surface area (TPSA) is 75.0 Å². The van der Waals surface area contributed by atoms with Crippen LogP contribution in [0.2, 0.25) is 0 Å². The molecule has 4 nitrogen and oxygen atoms in total. The zero-order chi connectivity index (χ0) is 13.1. The van der Waals surface area contributed by atoms with Gasteiger partial charge in [-0.2, -0.15) is 5.26 Å². The van der Waals surface area contributed by atoms with E-state index in [-0.39, 0.29) is 0 Å². The molecule has 0 aliphatic heterocycles. The van der Waals surface area contributed by atoms with Crippen LogP contribution in [0.25, 0.3) is 0 Å². The number of hydrogen-bond acceptors (Lipinski definition) is 4. The van der Waals surface area contributed by atoms with Crippen LogP contribution in [0.5, 0.6) is 0 Å². The lowest BCUT2D eigenvalue weighted by Gasteiger charge is -2.06. The zero-order valence-electron chi connectivity index (χ0n) is 9.67. The van der Waals surface area contributed by atoms with Crippen molar-refractivity contribution in [1.82, 2.24) is 0 Å². The summed E-state index contributed by atoms with van der Waals surface area (Å²) < 4.78 is 23.1. The van der Waals surface area contributed by atoms with Crippen molar-refractivity contribution >= 4 is 15.6 Å². The van der Waals surface area contributed by atoms with E-state index < -0.39 is 26.6 Å². The van der Waals surface area contributed by atoms with E-state index in [9.17, 15) is 13.2 Å². The molecule has 0 spiro atoms. The number of Topliss-reactive ketones (excluding diaryl/α,β-unsaturated/α-hetero) is 1. The third-order valence-electron chi connectivity index (χ3n) is 2.39. The lowest BCUT2D eigenvalue weighted by molar-refractivity contribution is 0.102. The Hall–Kier alpha value is -1.67. The maximum Gasteiger partial charge on any atom is 0.177 e. The first-order valence-electron chi connectivity index (χ1n) is 5.12. The Morgan fingerprint density at radius 1 is 1.29 bits per heavy atom. The van der Waals surface area contributed by atoms with Gasteiger partial charge in [-0.05, 0) is 26.0 Å². The highest BCUT2D eigenvalue weighted by molar-refractivity contribution is 7.92. The summed E-state index contributed by atoms with van der Waals surface area (Å²) in [4.78, 5) is 11.7. The fourth-order valence-corrected chi connectivity index (χ4v) is 2.03. The van der Waals surface area contributed by atoms with Crippen LogP contribution in [0.15, 0.2) is 24.3 Å². The van der Waals surface area contributed by atoms with Gasteiger partial charge in [0.05, 0.1) is 16.9 Å². The van der Waals surface area contributed by atoms with Gasteiger partial charge in [-0.1, -0.05) is 12.1 Å². The van der Waals surface area contributed by atoms with Crippen LogP contribution in [-0.4, -0.2) is 25.2 Å². The Morgan fingerprint density at radius 3 is 2.24 bits per heavy atom. The molecule has 5 heteroatoms. The summed E-state index contributed by atoms with van der Waals surface area (Å²) in [5, 5.41) is 8.03. The molecular formula is C12H13NO3S. The largest absolute Gasteiger partial charge is 0.293 e. The second-order valence-electron chi connectivity index (χ2n) is 3.97. The smallest absolute Gasteiger partial charge is 0.177 e. The van der Waals surface area contributed by atoms with Gasteiger partial charge in [0.2, 0.25) is 0 Å². The second-order valence-corrected chi connectivity index (χ2v) is 6.53. The summed E-state index contributed by atoms with van der Waals surface area (Å²) >= 11 is 0. The predicted octanol–water partition coefficient (Wildman–Crippen LogP) is 1.56. The van der Waals surface area contributed by atoms with E-state index in [1.54, 1.807) is 13.8 Å². The molecular weight excluding hydrogens is 238 g/mol. The molecule has 1 aromatic carbocycles. The van der Waals surface area contributed by atoms with Crippen LogP contribution in [0.3, 0.4) is 0 Å². The summed E-state index contributed by atoms with van der Waals surface area (Å²) in [5.41, 5.74) is 0.751. The molecule has 0 aromatic heterocycles. The number of nitrogens with zero attached hydrogens (tertiary/aromatic N) is 1. The average Bonchev–Trinajstić information content (AvgIpc) is 2.28. The lowest BCUT2D eigenvalue weighted by atomic mass is 10.1. The molecule has 0 amide bonds. The van der Waals surface area contributed by atoms with E-state index in [0.717, 1.165) is 0 Å². The maximum atomic E-state index is 11.7. The van der Waals surface area contributed by atoms with Crippen molar-refractivity contribution in [3.05, 3.63) is 35.4 Å². The number of benzene rings is 1. The molecule has 0 aliphatic carbocycles. The van der Waals surface area contributed by atoms with Crippen LogP contribution in [0.1, 0.15) is 29.8 Å². The van der Waals surface area contributed by atoms with Crippen molar-refractivity contribution < 1.29 is 13.2 Å². The quantitative estimate of drug-likeness (QED) is 0.761. The van der Waals surface area contributed by atoms with Gasteiger partial charge >= 0.3 is 0 Å². The van der Waals surface area contributed by atoms with E-state index in [2.05, 4.69) is 0 Å². The molecule has 1 aromatic rings. The minimum Gasteiger partial charge on any atom is -0.293 e. The van der Waals surface area contributed by atoms with Gasteiger partial charge in [-0.15, -0.1) is 0 Å². The van der Waals surface area contributed by atoms with Gasteiger partial charge in [0.1, 0.15) is 5.75 Å². The molecule has 17 heavy (non-hydrogen) atoms. The second kappa shape index (κ2) is 5.11. The third kappa shape index (κ3) is 3.40. The van der Waals surface area contributed by atoms with Crippen LogP contribution in [0.4, 0.5) is 0 Å². The monoisotopic (exact) mass is 251 g/mol. The molecule has 0 N–H and O–H groups in total. The normalized spacial score (nSPS) is 11.2. The fraction of sp³-hybridized carbons (Fsp3) is 0.333. The van der Waals surface area contributed by atoms with E-state index in [0.29, 0.717) is 11.1 Å². The van der Waals surface area contributed by atoms with Crippen molar-refractivity contribution in [1.29, 1.82) is 5.26 Å². The standard InChI is InChI=1S/C12H13NO3S/c1-9(2)17(15,16)8-12(14)11-5-3-10(7-13)4-6-11/h3-6,9H,8H2,1-2H3. The number of carbonyl (C=O) groups is 1. The van der Waals surface area contributed by atoms with Gasteiger partial charge < -0.3 is 0 Å². The number of sulfone groups is 1. The molecule has 0 bridgehead atoms. The van der Waals surface area contributed by atoms with Crippen molar-refractivity contribution in [2.45, 2.75) is 19.1 Å². The Bertz CT molecular complexity index is 550. The SMILES string of the molecule is CC(C)S(=O)(=O)CC(=O)c1ccc(C#N)cc1. The zero-order valence-corrected chi connectivity index (χ0v) is 10.5. The van der Waals surface area contributed by atoms with Crippen LogP contribution in [-0.2, 0) is 9.84 Å². The fourth-order valence-electron chi connectivity index (χ4n) is 1.16. The van der Waals surface area contributed by atoms with Gasteiger partial charge in [-0.3, -0.25) is 4.79 Å². The predicted molar refractivity (Wildman–Crippen MR) is 64.4 cm³/mol. The third-order valence-corrected chi connectivity index (χ3v) is 4.49. The van der Waals surface area contributed by atoms with E-state index in [1.807, 2.05) is 6.07 Å². The Kier molecular flexibility index (Phi) is 4.02. The Labute approximate surface area is 101 Å². The van der Waals surface area contributed by atoms with Gasteiger partial charge in [0.15, 0.2) is 15.6 Å². The molecule has 0 unspecified atom stereocenters. The van der Waals surface area contributed by atoms with Crippen molar-refractivity contribution in [2.75, 3.05) is 5.75 Å². The molecule has 1 rings (SSSR count). The van der Waals surface area contributed by atoms with Gasteiger partial charge in [0, 0.05) is 5.56 Å². The molecule has 0 radical (unpaired) electrons. The number of ketones is 1. The van der Waals surface area contributed by atoms with Crippen molar-refractivity contribution in [2.24, 2.45) is 0 Å². The number of hydrogen-bond donors (Lipinski definition) is 0. The van der Waals surface area contributed by atoms with Crippen LogP contribution < -0.4 is 0 Å². The Balaban J connectivity index is 2.88. The molecule has 0 aliphatic rings. The van der Waals surface area contributed by atoms with E-state index in [1.165, 1.54) is 24.3 Å². The number of rotatable bonds is 4. The summed E-state index contributed by atoms with van der Waals surface area (Å²) in [6, 6.07) is 7.86. The highest BCUT2D eigenvalue weighted by Gasteiger charge is 2.21. The highest BCUT2D eigenvalue weighted by Crippen LogP contribution is 2.08. The Morgan fingerprint density at radius 2 is 1.82 bits per heavy atom. The van der Waals surface area contributed by atoms with Crippen molar-refractivity contribution in [3.63, 3.8) is 0 Å². The summed E-state index contributed by atoms with van der Waals surface area (Å²) in [5.74, 6) is -0.931. The highest BCUT2D eigenvalue weighted by atomic mass is 32.2. The van der Waals surface area contributed by atoms with Gasteiger partial charge in [0.25, 0.3) is 0 Å². The molecule has 0 heterocycles. The van der Waals surface area contributed by atoms with Gasteiger partial charge in [-0.25, -0.2) is 8.42 Å². The first-order chi connectivity index (χ1) is 7.86. The summed E-state index contributed by atoms with van der Waals surface area (Å²) in [6.07, 6.45) is 0. The van der Waals surface area contributed by atoms with E-state index >= 15 is 0 Å². The van der Waals surface area contributed by atoms with Crippen LogP contribution in [0, 0.1) is 11.3 Å². The first-order valence-corrected chi connectivity index (χ1v) is 6.83. The first kappa shape index (κ1) is 13.4. The molecule has 0 fully saturated rings. The summed E-state index contributed by atoms with van der Waals surface area (Å²) in [6.45, 7) is 3.09.